The van der Waals surface area contributed by atoms with E-state index < -0.39 is 0 Å². The fourth-order valence-corrected chi connectivity index (χ4v) is 4.73. The van der Waals surface area contributed by atoms with E-state index in [9.17, 15) is 5.11 Å². The van der Waals surface area contributed by atoms with Gasteiger partial charge in [-0.25, -0.2) is 4.98 Å². The first kappa shape index (κ1) is 23.0. The number of aromatic nitrogens is 3. The van der Waals surface area contributed by atoms with Crippen molar-refractivity contribution in [2.24, 2.45) is 0 Å². The Bertz CT molecular complexity index is 1110. The Labute approximate surface area is 195 Å². The maximum atomic E-state index is 10.9. The molecule has 1 aliphatic rings. The van der Waals surface area contributed by atoms with Crippen LogP contribution in [-0.2, 0) is 0 Å². The van der Waals surface area contributed by atoms with E-state index in [1.165, 1.54) is 0 Å². The van der Waals surface area contributed by atoms with Crippen molar-refractivity contribution in [2.45, 2.75) is 65.1 Å². The molecule has 0 saturated carbocycles. The largest absolute Gasteiger partial charge is 0.507 e. The number of benzene rings is 1. The number of anilines is 1. The second kappa shape index (κ2) is 9.02. The van der Waals surface area contributed by atoms with Gasteiger partial charge in [0.05, 0.1) is 18.4 Å². The van der Waals surface area contributed by atoms with Crippen molar-refractivity contribution >= 4 is 5.82 Å². The average Bonchev–Trinajstić information content (AvgIpc) is 3.18. The fraction of sp³-hybridized carbons (Fsp3) is 0.480. The van der Waals surface area contributed by atoms with Gasteiger partial charge in [-0.05, 0) is 71.7 Å². The van der Waals surface area contributed by atoms with Crippen molar-refractivity contribution in [1.82, 2.24) is 20.5 Å². The summed E-state index contributed by atoms with van der Waals surface area (Å²) < 4.78 is 11.4. The smallest absolute Gasteiger partial charge is 0.226 e. The monoisotopic (exact) mass is 451 g/mol. The van der Waals surface area contributed by atoms with E-state index in [-0.39, 0.29) is 11.3 Å². The van der Waals surface area contributed by atoms with Gasteiger partial charge in [-0.2, -0.15) is 0 Å². The Kier molecular flexibility index (Phi) is 6.30. The van der Waals surface area contributed by atoms with Gasteiger partial charge in [0.25, 0.3) is 0 Å². The number of phenols is 1. The van der Waals surface area contributed by atoms with Crippen LogP contribution in [0.4, 0.5) is 5.82 Å². The Morgan fingerprint density at radius 2 is 2.06 bits per heavy atom. The lowest BCUT2D eigenvalue weighted by atomic mass is 9.85. The van der Waals surface area contributed by atoms with Crippen LogP contribution in [-0.4, -0.2) is 51.6 Å². The molecule has 1 aromatic carbocycles. The van der Waals surface area contributed by atoms with Gasteiger partial charge in [0.1, 0.15) is 23.0 Å². The molecule has 176 valence electrons. The number of ether oxygens (including phenoxy) is 1. The van der Waals surface area contributed by atoms with Gasteiger partial charge in [0, 0.05) is 30.2 Å². The second-order valence-corrected chi connectivity index (χ2v) is 9.49. The van der Waals surface area contributed by atoms with Crippen LogP contribution < -0.4 is 15.0 Å². The number of nitrogens with one attached hydrogen (secondary N) is 1. The molecule has 2 aromatic heterocycles. The zero-order valence-electron chi connectivity index (χ0n) is 20.2. The van der Waals surface area contributed by atoms with E-state index >= 15 is 0 Å². The van der Waals surface area contributed by atoms with Crippen LogP contribution in [0, 0.1) is 6.92 Å². The maximum Gasteiger partial charge on any atom is 0.226 e. The Balaban J connectivity index is 1.63. The molecule has 1 saturated heterocycles. The molecule has 0 amide bonds. The number of nitrogens with zero attached hydrogens (tertiary/aromatic N) is 4. The van der Waals surface area contributed by atoms with Crippen molar-refractivity contribution in [2.75, 3.05) is 18.6 Å². The first-order chi connectivity index (χ1) is 15.7. The third kappa shape index (κ3) is 4.95. The second-order valence-electron chi connectivity index (χ2n) is 9.49. The highest BCUT2D eigenvalue weighted by molar-refractivity contribution is 5.78. The topological polar surface area (TPSA) is 96.5 Å². The van der Waals surface area contributed by atoms with Crippen molar-refractivity contribution in [3.05, 3.63) is 36.2 Å². The Hall–Kier alpha value is -3.13. The van der Waals surface area contributed by atoms with Gasteiger partial charge in [0.15, 0.2) is 5.82 Å². The summed E-state index contributed by atoms with van der Waals surface area (Å²) in [5.41, 5.74) is 1.76. The van der Waals surface area contributed by atoms with E-state index in [0.717, 1.165) is 18.7 Å². The van der Waals surface area contributed by atoms with Crippen LogP contribution in [0.1, 0.15) is 46.3 Å². The van der Waals surface area contributed by atoms with E-state index in [1.54, 1.807) is 12.3 Å². The summed E-state index contributed by atoms with van der Waals surface area (Å²) in [6.45, 7) is 10.9. The molecule has 3 aromatic rings. The summed E-state index contributed by atoms with van der Waals surface area (Å²) >= 11 is 0. The lowest BCUT2D eigenvalue weighted by Gasteiger charge is -2.44. The summed E-state index contributed by atoms with van der Waals surface area (Å²) in [6, 6.07) is 8.05. The van der Waals surface area contributed by atoms with E-state index in [0.29, 0.717) is 52.9 Å². The number of rotatable bonds is 6. The number of hydrogen-bond donors (Lipinski definition) is 2. The third-order valence-electron chi connectivity index (χ3n) is 6.07. The summed E-state index contributed by atoms with van der Waals surface area (Å²) in [7, 11) is 2.07. The highest BCUT2D eigenvalue weighted by Gasteiger charge is 2.33. The SMILES string of the molecule is CCOc1cc(-c2ncc(C)o2)cc(O)c1-c1ccc(N(C)C2CC(C)NC(C)(C)C2)nn1. The van der Waals surface area contributed by atoms with Crippen molar-refractivity contribution in [1.29, 1.82) is 0 Å². The minimum atomic E-state index is 0.0381. The van der Waals surface area contributed by atoms with Gasteiger partial charge < -0.3 is 24.5 Å². The van der Waals surface area contributed by atoms with Crippen LogP contribution >= 0.6 is 0 Å². The Morgan fingerprint density at radius 3 is 2.67 bits per heavy atom. The molecule has 33 heavy (non-hydrogen) atoms. The van der Waals surface area contributed by atoms with E-state index in [2.05, 4.69) is 53.2 Å². The molecule has 3 heterocycles. The number of piperidine rings is 1. The van der Waals surface area contributed by atoms with Gasteiger partial charge in [-0.3, -0.25) is 0 Å². The molecule has 2 unspecified atom stereocenters. The summed E-state index contributed by atoms with van der Waals surface area (Å²) in [5.74, 6) is 2.47. The van der Waals surface area contributed by atoms with Crippen LogP contribution in [0.3, 0.4) is 0 Å². The number of phenolic OH excluding ortho intramolecular Hbond substituents is 1. The number of aryl methyl sites for hydroxylation is 1. The highest BCUT2D eigenvalue weighted by atomic mass is 16.5. The maximum absolute atomic E-state index is 10.9. The summed E-state index contributed by atoms with van der Waals surface area (Å²) in [5, 5.41) is 23.4. The first-order valence-electron chi connectivity index (χ1n) is 11.4. The molecule has 8 heteroatoms. The highest BCUT2D eigenvalue weighted by Crippen LogP contribution is 2.41. The van der Waals surface area contributed by atoms with Gasteiger partial charge in [0.2, 0.25) is 5.89 Å². The van der Waals surface area contributed by atoms with E-state index in [4.69, 9.17) is 9.15 Å². The Morgan fingerprint density at radius 1 is 1.27 bits per heavy atom. The minimum absolute atomic E-state index is 0.0381. The molecule has 0 spiro atoms. The third-order valence-corrected chi connectivity index (χ3v) is 6.07. The van der Waals surface area contributed by atoms with Gasteiger partial charge in [-0.15, -0.1) is 10.2 Å². The van der Waals surface area contributed by atoms with Crippen LogP contribution in [0.15, 0.2) is 34.9 Å². The number of aromatic hydroxyl groups is 1. The molecule has 0 bridgehead atoms. The molecule has 0 aliphatic carbocycles. The lowest BCUT2D eigenvalue weighted by molar-refractivity contribution is 0.225. The van der Waals surface area contributed by atoms with Crippen molar-refractivity contribution in [3.8, 4) is 34.2 Å². The standard InChI is InChI=1S/C25H33N5O3/c1-7-32-21-12-17(24-26-14-16(3)33-24)11-20(31)23(21)19-8-9-22(29-28-19)30(6)18-10-15(2)27-25(4,5)13-18/h8-9,11-12,14-15,18,27,31H,7,10,13H2,1-6H3. The number of hydrogen-bond acceptors (Lipinski definition) is 8. The van der Waals surface area contributed by atoms with Crippen LogP contribution in [0.5, 0.6) is 11.5 Å². The molecule has 2 atom stereocenters. The zero-order chi connectivity index (χ0) is 23.8. The van der Waals surface area contributed by atoms with Crippen LogP contribution in [0.25, 0.3) is 22.7 Å². The number of oxazole rings is 1. The summed E-state index contributed by atoms with van der Waals surface area (Å²) in [6.07, 6.45) is 3.71. The zero-order valence-corrected chi connectivity index (χ0v) is 20.2. The van der Waals surface area contributed by atoms with Gasteiger partial charge in [-0.1, -0.05) is 0 Å². The van der Waals surface area contributed by atoms with Crippen LogP contribution in [0.2, 0.25) is 0 Å². The minimum Gasteiger partial charge on any atom is -0.507 e. The molecular formula is C25H33N5O3. The molecule has 4 rings (SSSR count). The normalized spacial score (nSPS) is 19.9. The quantitative estimate of drug-likeness (QED) is 0.563. The lowest BCUT2D eigenvalue weighted by Crippen LogP contribution is -2.56. The van der Waals surface area contributed by atoms with E-state index in [1.807, 2.05) is 32.0 Å². The van der Waals surface area contributed by atoms with Crippen molar-refractivity contribution in [3.63, 3.8) is 0 Å². The average molecular weight is 452 g/mol. The first-order valence-corrected chi connectivity index (χ1v) is 11.4. The fourth-order valence-electron chi connectivity index (χ4n) is 4.73. The molecular weight excluding hydrogens is 418 g/mol. The molecule has 0 radical (unpaired) electrons. The van der Waals surface area contributed by atoms with Crippen molar-refractivity contribution < 1.29 is 14.3 Å². The van der Waals surface area contributed by atoms with Gasteiger partial charge >= 0.3 is 0 Å². The molecule has 1 aliphatic heterocycles. The predicted molar refractivity (Wildman–Crippen MR) is 129 cm³/mol. The predicted octanol–water partition coefficient (Wildman–Crippen LogP) is 4.57. The molecule has 2 N–H and O–H groups in total. The molecule has 8 nitrogen and oxygen atoms in total. The molecule has 1 fully saturated rings. The summed E-state index contributed by atoms with van der Waals surface area (Å²) in [4.78, 5) is 6.45.